The average Bonchev–Trinajstić information content (AvgIpc) is 2.29. The first-order valence-electron chi connectivity index (χ1n) is 5.89. The Morgan fingerprint density at radius 2 is 2.20 bits per heavy atom. The highest BCUT2D eigenvalue weighted by molar-refractivity contribution is 5.57. The monoisotopic (exact) mass is 205 g/mol. The van der Waals surface area contributed by atoms with Crippen molar-refractivity contribution < 1.29 is 4.74 Å². The largest absolute Gasteiger partial charge is 0.486 e. The third kappa shape index (κ3) is 2.65. The molecule has 2 heteroatoms. The van der Waals surface area contributed by atoms with Crippen LogP contribution in [0.5, 0.6) is 5.75 Å². The summed E-state index contributed by atoms with van der Waals surface area (Å²) in [4.78, 5) is 0. The summed E-state index contributed by atoms with van der Waals surface area (Å²) >= 11 is 0. The van der Waals surface area contributed by atoms with Crippen LogP contribution in [0.1, 0.15) is 32.6 Å². The first kappa shape index (κ1) is 10.3. The molecule has 0 saturated heterocycles. The molecule has 1 aromatic carbocycles. The van der Waals surface area contributed by atoms with E-state index in [1.807, 2.05) is 18.2 Å². The van der Waals surface area contributed by atoms with Crippen LogP contribution in [0.4, 0.5) is 5.69 Å². The molecule has 0 aliphatic carbocycles. The van der Waals surface area contributed by atoms with Crippen LogP contribution in [0.15, 0.2) is 24.3 Å². The van der Waals surface area contributed by atoms with E-state index in [4.69, 9.17) is 4.74 Å². The second kappa shape index (κ2) is 5.06. The predicted octanol–water partition coefficient (Wildman–Crippen LogP) is 3.44. The Morgan fingerprint density at radius 3 is 3.07 bits per heavy atom. The maximum absolute atomic E-state index is 5.92. The summed E-state index contributed by atoms with van der Waals surface area (Å²) in [6.07, 6.45) is 5.37. The zero-order chi connectivity index (χ0) is 10.5. The molecule has 0 amide bonds. The second-order valence-electron chi connectivity index (χ2n) is 4.11. The van der Waals surface area contributed by atoms with Gasteiger partial charge in [-0.25, -0.2) is 0 Å². The molecule has 15 heavy (non-hydrogen) atoms. The van der Waals surface area contributed by atoms with Gasteiger partial charge >= 0.3 is 0 Å². The molecular formula is C13H19NO. The van der Waals surface area contributed by atoms with Crippen LogP contribution in [0, 0.1) is 0 Å². The summed E-state index contributed by atoms with van der Waals surface area (Å²) in [5.74, 6) is 1.00. The lowest BCUT2D eigenvalue weighted by Crippen LogP contribution is -2.30. The van der Waals surface area contributed by atoms with Gasteiger partial charge in [0.2, 0.25) is 0 Å². The smallest absolute Gasteiger partial charge is 0.142 e. The lowest BCUT2D eigenvalue weighted by atomic mass is 10.1. The molecular weight excluding hydrogens is 186 g/mol. The number of fused-ring (bicyclic) bond motifs is 1. The minimum absolute atomic E-state index is 0.353. The molecule has 0 aromatic heterocycles. The summed E-state index contributed by atoms with van der Waals surface area (Å²) in [6.45, 7) is 3.18. The van der Waals surface area contributed by atoms with Crippen molar-refractivity contribution in [2.45, 2.75) is 38.7 Å². The van der Waals surface area contributed by atoms with Crippen molar-refractivity contribution in [3.63, 3.8) is 0 Å². The van der Waals surface area contributed by atoms with Crippen LogP contribution < -0.4 is 10.1 Å². The van der Waals surface area contributed by atoms with E-state index in [1.165, 1.54) is 19.3 Å². The van der Waals surface area contributed by atoms with Crippen LogP contribution in [0.25, 0.3) is 0 Å². The Balaban J connectivity index is 1.88. The van der Waals surface area contributed by atoms with Crippen LogP contribution in [0.3, 0.4) is 0 Å². The molecule has 1 N–H and O–H groups in total. The van der Waals surface area contributed by atoms with Crippen molar-refractivity contribution in [3.8, 4) is 5.75 Å². The number of anilines is 1. The third-order valence-corrected chi connectivity index (χ3v) is 2.83. The van der Waals surface area contributed by atoms with Crippen LogP contribution >= 0.6 is 0 Å². The molecule has 0 spiro atoms. The van der Waals surface area contributed by atoms with Gasteiger partial charge in [0.1, 0.15) is 11.9 Å². The normalized spacial score (nSPS) is 18.9. The number of nitrogens with one attached hydrogen (secondary N) is 1. The zero-order valence-corrected chi connectivity index (χ0v) is 9.33. The van der Waals surface area contributed by atoms with E-state index in [0.717, 1.165) is 24.4 Å². The summed E-state index contributed by atoms with van der Waals surface area (Å²) in [5.41, 5.74) is 1.13. The molecule has 0 fully saturated rings. The van der Waals surface area contributed by atoms with E-state index in [0.29, 0.717) is 6.10 Å². The van der Waals surface area contributed by atoms with Crippen molar-refractivity contribution in [2.24, 2.45) is 0 Å². The Morgan fingerprint density at radius 1 is 1.33 bits per heavy atom. The van der Waals surface area contributed by atoms with Gasteiger partial charge in [-0.2, -0.15) is 0 Å². The first-order valence-corrected chi connectivity index (χ1v) is 5.89. The molecule has 0 saturated carbocycles. The SMILES string of the molecule is CCCCCC1CNc2ccccc2O1. The van der Waals surface area contributed by atoms with Gasteiger partial charge < -0.3 is 10.1 Å². The standard InChI is InChI=1S/C13H19NO/c1-2-3-4-7-11-10-14-12-8-5-6-9-13(12)15-11/h5-6,8-9,11,14H,2-4,7,10H2,1H3. The molecule has 1 heterocycles. The molecule has 1 atom stereocenters. The molecule has 1 aliphatic rings. The van der Waals surface area contributed by atoms with E-state index in [2.05, 4.69) is 18.3 Å². The molecule has 0 bridgehead atoms. The van der Waals surface area contributed by atoms with Crippen molar-refractivity contribution in [1.29, 1.82) is 0 Å². The van der Waals surface area contributed by atoms with Crippen LogP contribution in [-0.2, 0) is 0 Å². The van der Waals surface area contributed by atoms with E-state index in [1.54, 1.807) is 0 Å². The van der Waals surface area contributed by atoms with Crippen molar-refractivity contribution in [3.05, 3.63) is 24.3 Å². The number of benzene rings is 1. The van der Waals surface area contributed by atoms with E-state index < -0.39 is 0 Å². The van der Waals surface area contributed by atoms with E-state index in [9.17, 15) is 0 Å². The number of rotatable bonds is 4. The fraction of sp³-hybridized carbons (Fsp3) is 0.538. The minimum Gasteiger partial charge on any atom is -0.486 e. The summed E-state index contributed by atoms with van der Waals surface area (Å²) in [6, 6.07) is 8.16. The van der Waals surface area contributed by atoms with E-state index in [-0.39, 0.29) is 0 Å². The fourth-order valence-corrected chi connectivity index (χ4v) is 1.94. The van der Waals surface area contributed by atoms with Gasteiger partial charge in [-0.1, -0.05) is 31.9 Å². The minimum atomic E-state index is 0.353. The molecule has 1 unspecified atom stereocenters. The van der Waals surface area contributed by atoms with Gasteiger partial charge in [0.25, 0.3) is 0 Å². The number of hydrogen-bond acceptors (Lipinski definition) is 2. The van der Waals surface area contributed by atoms with Gasteiger partial charge in [-0.3, -0.25) is 0 Å². The highest BCUT2D eigenvalue weighted by Gasteiger charge is 2.17. The zero-order valence-electron chi connectivity index (χ0n) is 9.33. The van der Waals surface area contributed by atoms with Gasteiger partial charge in [-0.05, 0) is 25.0 Å². The van der Waals surface area contributed by atoms with Crippen LogP contribution in [-0.4, -0.2) is 12.6 Å². The third-order valence-electron chi connectivity index (χ3n) is 2.83. The Kier molecular flexibility index (Phi) is 3.49. The molecule has 0 radical (unpaired) electrons. The first-order chi connectivity index (χ1) is 7.40. The molecule has 2 nitrogen and oxygen atoms in total. The Bertz CT molecular complexity index is 311. The van der Waals surface area contributed by atoms with Crippen LogP contribution in [0.2, 0.25) is 0 Å². The number of para-hydroxylation sites is 2. The topological polar surface area (TPSA) is 21.3 Å². The Hall–Kier alpha value is -1.18. The lowest BCUT2D eigenvalue weighted by Gasteiger charge is -2.27. The van der Waals surface area contributed by atoms with Gasteiger partial charge in [-0.15, -0.1) is 0 Å². The highest BCUT2D eigenvalue weighted by atomic mass is 16.5. The Labute approximate surface area is 91.6 Å². The summed E-state index contributed by atoms with van der Waals surface area (Å²) in [5, 5.41) is 3.41. The summed E-state index contributed by atoms with van der Waals surface area (Å²) in [7, 11) is 0. The number of ether oxygens (including phenoxy) is 1. The molecule has 2 rings (SSSR count). The maximum Gasteiger partial charge on any atom is 0.142 e. The number of unbranched alkanes of at least 4 members (excludes halogenated alkanes) is 2. The van der Waals surface area contributed by atoms with Crippen molar-refractivity contribution in [2.75, 3.05) is 11.9 Å². The van der Waals surface area contributed by atoms with Gasteiger partial charge in [0, 0.05) is 0 Å². The quantitative estimate of drug-likeness (QED) is 0.760. The predicted molar refractivity (Wildman–Crippen MR) is 63.5 cm³/mol. The summed E-state index contributed by atoms with van der Waals surface area (Å²) < 4.78 is 5.92. The van der Waals surface area contributed by atoms with E-state index >= 15 is 0 Å². The molecule has 82 valence electrons. The fourth-order valence-electron chi connectivity index (χ4n) is 1.94. The highest BCUT2D eigenvalue weighted by Crippen LogP contribution is 2.29. The second-order valence-corrected chi connectivity index (χ2v) is 4.11. The van der Waals surface area contributed by atoms with Gasteiger partial charge in [0.15, 0.2) is 0 Å². The van der Waals surface area contributed by atoms with Gasteiger partial charge in [0.05, 0.1) is 12.2 Å². The lowest BCUT2D eigenvalue weighted by molar-refractivity contribution is 0.191. The molecule has 1 aliphatic heterocycles. The van der Waals surface area contributed by atoms with Crippen molar-refractivity contribution >= 4 is 5.69 Å². The maximum atomic E-state index is 5.92. The average molecular weight is 205 g/mol. The van der Waals surface area contributed by atoms with Crippen molar-refractivity contribution in [1.82, 2.24) is 0 Å². The molecule has 1 aromatic rings. The number of hydrogen-bond donors (Lipinski definition) is 1.